The van der Waals surface area contributed by atoms with E-state index in [9.17, 15) is 12.8 Å². The van der Waals surface area contributed by atoms with Crippen LogP contribution in [-0.4, -0.2) is 33.8 Å². The van der Waals surface area contributed by atoms with Gasteiger partial charge in [0.1, 0.15) is 5.82 Å². The molecule has 34 heavy (non-hydrogen) atoms. The number of hydrogen-bond donors (Lipinski definition) is 1. The average molecular weight is 482 g/mol. The SMILES string of the molecule is CCCc1ccc(-c2nnc(-c3nc(-c4ccc(S(=O)(=O)C(C)C)cc4F)cnc3N)o2)cc1. The van der Waals surface area contributed by atoms with Crippen LogP contribution in [0.5, 0.6) is 0 Å². The predicted octanol–water partition coefficient (Wildman–Crippen LogP) is 4.72. The monoisotopic (exact) mass is 481 g/mol. The van der Waals surface area contributed by atoms with Gasteiger partial charge in [0.05, 0.1) is 22.0 Å². The molecule has 2 N–H and O–H groups in total. The highest BCUT2D eigenvalue weighted by Gasteiger charge is 2.22. The molecule has 4 aromatic rings. The van der Waals surface area contributed by atoms with Gasteiger partial charge < -0.3 is 10.2 Å². The number of aromatic nitrogens is 4. The van der Waals surface area contributed by atoms with Crippen LogP contribution >= 0.6 is 0 Å². The van der Waals surface area contributed by atoms with Gasteiger partial charge in [0.15, 0.2) is 21.3 Å². The van der Waals surface area contributed by atoms with Crippen LogP contribution in [0.4, 0.5) is 10.2 Å². The minimum Gasteiger partial charge on any atom is -0.414 e. The number of nitrogens with two attached hydrogens (primary N) is 1. The highest BCUT2D eigenvalue weighted by molar-refractivity contribution is 7.92. The van der Waals surface area contributed by atoms with Crippen LogP contribution in [0.15, 0.2) is 58.0 Å². The Bertz CT molecular complexity index is 1430. The Balaban J connectivity index is 1.67. The zero-order valence-electron chi connectivity index (χ0n) is 19.0. The number of aryl methyl sites for hydroxylation is 1. The van der Waals surface area contributed by atoms with Crippen LogP contribution in [0.1, 0.15) is 32.8 Å². The lowest BCUT2D eigenvalue weighted by Gasteiger charge is -2.10. The van der Waals surface area contributed by atoms with Gasteiger partial charge in [-0.2, -0.15) is 0 Å². The zero-order valence-corrected chi connectivity index (χ0v) is 19.8. The number of nitrogens with zero attached hydrogens (tertiary/aromatic N) is 4. The number of anilines is 1. The Hall–Kier alpha value is -3.66. The van der Waals surface area contributed by atoms with Crippen molar-refractivity contribution in [3.8, 4) is 34.3 Å². The third-order valence-corrected chi connectivity index (χ3v) is 7.49. The molecule has 0 aliphatic carbocycles. The summed E-state index contributed by atoms with van der Waals surface area (Å²) in [5.74, 6) is -0.375. The molecule has 0 aliphatic heterocycles. The van der Waals surface area contributed by atoms with Gasteiger partial charge in [-0.3, -0.25) is 0 Å². The zero-order chi connectivity index (χ0) is 24.5. The van der Waals surface area contributed by atoms with Crippen molar-refractivity contribution in [1.29, 1.82) is 0 Å². The normalized spacial score (nSPS) is 11.8. The third kappa shape index (κ3) is 4.54. The fourth-order valence-electron chi connectivity index (χ4n) is 3.38. The first-order valence-electron chi connectivity index (χ1n) is 10.8. The van der Waals surface area contributed by atoms with E-state index in [2.05, 4.69) is 27.1 Å². The van der Waals surface area contributed by atoms with Crippen molar-refractivity contribution in [2.24, 2.45) is 0 Å². The Labute approximate surface area is 197 Å². The average Bonchev–Trinajstić information content (AvgIpc) is 3.30. The summed E-state index contributed by atoms with van der Waals surface area (Å²) in [6, 6.07) is 11.5. The molecule has 0 fully saturated rings. The molecule has 0 spiro atoms. The lowest BCUT2D eigenvalue weighted by molar-refractivity contribution is 0.582. The molecule has 0 bridgehead atoms. The Kier molecular flexibility index (Phi) is 6.43. The lowest BCUT2D eigenvalue weighted by Crippen LogP contribution is -2.14. The Morgan fingerprint density at radius 2 is 1.76 bits per heavy atom. The van der Waals surface area contributed by atoms with Crippen molar-refractivity contribution in [3.05, 3.63) is 60.0 Å². The summed E-state index contributed by atoms with van der Waals surface area (Å²) < 4.78 is 45.3. The molecule has 2 aromatic heterocycles. The van der Waals surface area contributed by atoms with Gasteiger partial charge in [0.25, 0.3) is 5.89 Å². The largest absolute Gasteiger partial charge is 0.414 e. The highest BCUT2D eigenvalue weighted by Crippen LogP contribution is 2.30. The van der Waals surface area contributed by atoms with Crippen molar-refractivity contribution >= 4 is 15.7 Å². The van der Waals surface area contributed by atoms with Crippen molar-refractivity contribution in [2.75, 3.05) is 5.73 Å². The molecule has 4 rings (SSSR count). The third-order valence-electron chi connectivity index (χ3n) is 5.33. The summed E-state index contributed by atoms with van der Waals surface area (Å²) in [5.41, 5.74) is 8.27. The molecule has 0 amide bonds. The molecule has 0 saturated heterocycles. The van der Waals surface area contributed by atoms with Gasteiger partial charge in [0, 0.05) is 11.1 Å². The van der Waals surface area contributed by atoms with E-state index >= 15 is 0 Å². The van der Waals surface area contributed by atoms with Crippen LogP contribution < -0.4 is 5.73 Å². The Morgan fingerprint density at radius 1 is 1.06 bits per heavy atom. The first-order valence-corrected chi connectivity index (χ1v) is 12.3. The van der Waals surface area contributed by atoms with Crippen molar-refractivity contribution in [2.45, 2.75) is 43.8 Å². The molecular weight excluding hydrogens is 457 g/mol. The first-order chi connectivity index (χ1) is 16.2. The van der Waals surface area contributed by atoms with Crippen molar-refractivity contribution < 1.29 is 17.2 Å². The highest BCUT2D eigenvalue weighted by atomic mass is 32.2. The molecule has 0 saturated carbocycles. The van der Waals surface area contributed by atoms with Crippen LogP contribution in [-0.2, 0) is 16.3 Å². The molecule has 0 atom stereocenters. The predicted molar refractivity (Wildman–Crippen MR) is 127 cm³/mol. The van der Waals surface area contributed by atoms with Gasteiger partial charge >= 0.3 is 0 Å². The van der Waals surface area contributed by atoms with E-state index in [1.807, 2.05) is 24.3 Å². The fourth-order valence-corrected chi connectivity index (χ4v) is 4.45. The minimum atomic E-state index is -3.62. The summed E-state index contributed by atoms with van der Waals surface area (Å²) in [5, 5.41) is 7.44. The lowest BCUT2D eigenvalue weighted by atomic mass is 10.1. The standard InChI is InChI=1S/C24H24FN5O3S/c1-4-5-15-6-8-16(9-7-15)23-29-30-24(33-23)21-22(26)27-13-20(28-21)18-11-10-17(12-19(18)25)34(31,32)14(2)3/h6-14H,4-5H2,1-3H3,(H2,26,27). The van der Waals surface area contributed by atoms with E-state index in [1.54, 1.807) is 0 Å². The van der Waals surface area contributed by atoms with Crippen molar-refractivity contribution in [3.63, 3.8) is 0 Å². The molecule has 2 heterocycles. The summed E-state index contributed by atoms with van der Waals surface area (Å²) >= 11 is 0. The molecule has 0 unspecified atom stereocenters. The maximum Gasteiger partial charge on any atom is 0.270 e. The number of nitrogen functional groups attached to an aromatic ring is 1. The molecule has 0 radical (unpaired) electrons. The summed E-state index contributed by atoms with van der Waals surface area (Å²) in [4.78, 5) is 8.36. The van der Waals surface area contributed by atoms with E-state index in [1.165, 1.54) is 37.7 Å². The second-order valence-corrected chi connectivity index (χ2v) is 10.6. The van der Waals surface area contributed by atoms with Crippen LogP contribution in [0.2, 0.25) is 0 Å². The van der Waals surface area contributed by atoms with Gasteiger partial charge in [-0.25, -0.2) is 22.8 Å². The number of halogens is 1. The number of rotatable bonds is 7. The minimum absolute atomic E-state index is 0.0386. The molecule has 10 heteroatoms. The second-order valence-electron chi connectivity index (χ2n) is 8.08. The van der Waals surface area contributed by atoms with E-state index in [0.717, 1.165) is 24.5 Å². The smallest absolute Gasteiger partial charge is 0.270 e. The molecule has 2 aromatic carbocycles. The fraction of sp³-hybridized carbons (Fsp3) is 0.250. The van der Waals surface area contributed by atoms with Gasteiger partial charge in [-0.1, -0.05) is 25.5 Å². The quantitative estimate of drug-likeness (QED) is 0.402. The second kappa shape index (κ2) is 9.30. The van der Waals surface area contributed by atoms with Gasteiger partial charge in [-0.05, 0) is 56.2 Å². The summed E-state index contributed by atoms with van der Waals surface area (Å²) in [7, 11) is -3.62. The molecular formula is C24H24FN5O3S. The molecule has 176 valence electrons. The number of sulfone groups is 1. The van der Waals surface area contributed by atoms with Crippen molar-refractivity contribution in [1.82, 2.24) is 20.2 Å². The number of hydrogen-bond acceptors (Lipinski definition) is 8. The summed E-state index contributed by atoms with van der Waals surface area (Å²) in [6.45, 7) is 5.19. The van der Waals surface area contributed by atoms with Crippen LogP contribution in [0, 0.1) is 5.82 Å². The molecule has 0 aliphatic rings. The first kappa shape index (κ1) is 23.5. The van der Waals surface area contributed by atoms with Gasteiger partial charge in [-0.15, -0.1) is 10.2 Å². The maximum absolute atomic E-state index is 14.9. The topological polar surface area (TPSA) is 125 Å². The van der Waals surface area contributed by atoms with E-state index in [-0.39, 0.29) is 33.6 Å². The van der Waals surface area contributed by atoms with E-state index in [0.29, 0.717) is 5.89 Å². The maximum atomic E-state index is 14.9. The van der Waals surface area contributed by atoms with E-state index < -0.39 is 20.9 Å². The summed E-state index contributed by atoms with van der Waals surface area (Å²) in [6.07, 6.45) is 3.34. The molecule has 8 nitrogen and oxygen atoms in total. The van der Waals surface area contributed by atoms with E-state index in [4.69, 9.17) is 10.2 Å². The van der Waals surface area contributed by atoms with Gasteiger partial charge in [0.2, 0.25) is 5.89 Å². The number of benzene rings is 2. The van der Waals surface area contributed by atoms with Crippen LogP contribution in [0.3, 0.4) is 0 Å². The van der Waals surface area contributed by atoms with Crippen LogP contribution in [0.25, 0.3) is 34.3 Å². The Morgan fingerprint density at radius 3 is 2.41 bits per heavy atom.